The molecule has 1 nitrogen and oxygen atoms in total. The number of rotatable bonds is 6. The Morgan fingerprint density at radius 2 is 1.00 bits per heavy atom. The second kappa shape index (κ2) is 7.63. The van der Waals surface area contributed by atoms with Gasteiger partial charge in [-0.1, -0.05) is 0 Å². The first kappa shape index (κ1) is 22.5. The summed E-state index contributed by atoms with van der Waals surface area (Å²) in [6.07, 6.45) is 1.37. The summed E-state index contributed by atoms with van der Waals surface area (Å²) in [6.45, 7) is 29.3. The molecule has 0 N–H and O–H groups in total. The van der Waals surface area contributed by atoms with E-state index in [0.717, 1.165) is 9.50 Å². The Bertz CT molecular complexity index is 382. The van der Waals surface area contributed by atoms with Crippen molar-refractivity contribution < 1.29 is 3.76 Å². The van der Waals surface area contributed by atoms with Crippen LogP contribution in [-0.4, -0.2) is 19.2 Å². The van der Waals surface area contributed by atoms with Crippen LogP contribution in [0.5, 0.6) is 0 Å². The molecule has 0 amide bonds. The summed E-state index contributed by atoms with van der Waals surface area (Å²) in [5, 5.41) is 1.38. The molecule has 0 unspecified atom stereocenters. The molecule has 2 heteroatoms. The maximum absolute atomic E-state index is 7.63. The van der Waals surface area contributed by atoms with Gasteiger partial charge in [0.1, 0.15) is 0 Å². The molecule has 1 aliphatic rings. The van der Waals surface area contributed by atoms with Gasteiger partial charge in [-0.25, -0.2) is 0 Å². The molecule has 144 valence electrons. The van der Waals surface area contributed by atoms with Crippen molar-refractivity contribution in [3.8, 4) is 0 Å². The Morgan fingerprint density at radius 1 is 0.625 bits per heavy atom. The first-order valence-electron chi connectivity index (χ1n) is 10.5. The van der Waals surface area contributed by atoms with Crippen LogP contribution in [0.25, 0.3) is 0 Å². The van der Waals surface area contributed by atoms with Crippen LogP contribution in [0.3, 0.4) is 0 Å². The third kappa shape index (κ3) is 3.04. The average Bonchev–Trinajstić information content (AvgIpc) is 2.44. The summed E-state index contributed by atoms with van der Waals surface area (Å²) in [5.41, 5.74) is 0.302. The molecular weight excluding hydrogens is 353 g/mol. The number of hydrogen-bond acceptors (Lipinski definition) is 1. The summed E-state index contributed by atoms with van der Waals surface area (Å²) in [4.78, 5) is 0. The predicted molar refractivity (Wildman–Crippen MR) is 111 cm³/mol. The van der Waals surface area contributed by atoms with Crippen molar-refractivity contribution >= 4 is 13.6 Å². The summed E-state index contributed by atoms with van der Waals surface area (Å²) in [7, 11) is 0. The molecule has 1 fully saturated rings. The van der Waals surface area contributed by atoms with Gasteiger partial charge in [-0.15, -0.1) is 0 Å². The quantitative estimate of drug-likeness (QED) is 0.420. The van der Waals surface area contributed by atoms with Crippen LogP contribution in [-0.2, 0) is 3.76 Å². The molecule has 0 radical (unpaired) electrons. The van der Waals surface area contributed by atoms with Gasteiger partial charge in [-0.3, -0.25) is 0 Å². The minimum absolute atomic E-state index is 0.0160. The zero-order valence-corrected chi connectivity index (χ0v) is 20.9. The summed E-state index contributed by atoms with van der Waals surface area (Å²) in [6, 6.07) is 0. The van der Waals surface area contributed by atoms with Crippen molar-refractivity contribution in [3.05, 3.63) is 0 Å². The van der Waals surface area contributed by atoms with Gasteiger partial charge >= 0.3 is 156 Å². The van der Waals surface area contributed by atoms with Gasteiger partial charge in [0.2, 0.25) is 0 Å². The van der Waals surface area contributed by atoms with Crippen LogP contribution >= 0.6 is 0 Å². The van der Waals surface area contributed by atoms with Crippen molar-refractivity contribution in [2.45, 2.75) is 110 Å². The van der Waals surface area contributed by atoms with E-state index in [1.165, 1.54) is 11.7 Å². The molecule has 0 aromatic rings. The van der Waals surface area contributed by atoms with E-state index in [9.17, 15) is 0 Å². The van der Waals surface area contributed by atoms with Gasteiger partial charge in [0.05, 0.1) is 0 Å². The second-order valence-corrected chi connectivity index (χ2v) is 20.6. The fourth-order valence-electron chi connectivity index (χ4n) is 6.66. The number of hydrogen-bond donors (Lipinski definition) is 0. The third-order valence-corrected chi connectivity index (χ3v) is 19.6. The molecular formula is C22H46GeO. The molecule has 0 spiro atoms. The SMILES string of the molecule is CC(C)C1(C(C)C)C[CH2][Ge]([CH](C)C)([CH](C)C)[O]C1(C(C)C)C(C)C. The Balaban J connectivity index is 3.69. The van der Waals surface area contributed by atoms with Gasteiger partial charge in [0, 0.05) is 0 Å². The Morgan fingerprint density at radius 3 is 1.25 bits per heavy atom. The Hall–Kier alpha value is 0.503. The maximum atomic E-state index is 7.63. The van der Waals surface area contributed by atoms with Crippen molar-refractivity contribution in [1.82, 2.24) is 0 Å². The van der Waals surface area contributed by atoms with Crippen LogP contribution in [0.15, 0.2) is 0 Å². The van der Waals surface area contributed by atoms with Gasteiger partial charge < -0.3 is 0 Å². The molecule has 24 heavy (non-hydrogen) atoms. The second-order valence-electron chi connectivity index (χ2n) is 10.3. The van der Waals surface area contributed by atoms with Crippen LogP contribution in [0, 0.1) is 29.1 Å². The summed E-state index contributed by atoms with van der Waals surface area (Å²) in [5.74, 6) is 2.43. The molecule has 0 aromatic carbocycles. The van der Waals surface area contributed by atoms with Gasteiger partial charge in [-0.2, -0.15) is 0 Å². The van der Waals surface area contributed by atoms with E-state index in [-0.39, 0.29) is 11.0 Å². The Labute approximate surface area is 156 Å². The molecule has 1 heterocycles. The molecule has 0 aliphatic carbocycles. The van der Waals surface area contributed by atoms with Gasteiger partial charge in [0.15, 0.2) is 0 Å². The third-order valence-electron chi connectivity index (χ3n) is 7.75. The van der Waals surface area contributed by atoms with E-state index in [1.54, 1.807) is 0 Å². The van der Waals surface area contributed by atoms with Crippen molar-refractivity contribution in [1.29, 1.82) is 0 Å². The van der Waals surface area contributed by atoms with Crippen LogP contribution in [0.2, 0.25) is 14.8 Å². The van der Waals surface area contributed by atoms with E-state index >= 15 is 0 Å². The van der Waals surface area contributed by atoms with E-state index in [1.807, 2.05) is 0 Å². The Kier molecular flexibility index (Phi) is 7.16. The van der Waals surface area contributed by atoms with Crippen molar-refractivity contribution in [3.63, 3.8) is 0 Å². The molecule has 0 atom stereocenters. The van der Waals surface area contributed by atoms with Gasteiger partial charge in [-0.05, 0) is 0 Å². The topological polar surface area (TPSA) is 9.23 Å². The first-order valence-corrected chi connectivity index (χ1v) is 15.3. The molecule has 1 aliphatic heterocycles. The average molecular weight is 399 g/mol. The fourth-order valence-corrected chi connectivity index (χ4v) is 17.5. The van der Waals surface area contributed by atoms with Crippen LogP contribution < -0.4 is 0 Å². The first-order chi connectivity index (χ1) is 10.8. The fraction of sp³-hybridized carbons (Fsp3) is 1.00. The minimum atomic E-state index is -2.40. The van der Waals surface area contributed by atoms with Crippen molar-refractivity contribution in [2.24, 2.45) is 29.1 Å². The van der Waals surface area contributed by atoms with Gasteiger partial charge in [0.25, 0.3) is 0 Å². The summed E-state index contributed by atoms with van der Waals surface area (Å²) < 4.78 is 9.10. The van der Waals surface area contributed by atoms with Crippen LogP contribution in [0.1, 0.15) is 89.5 Å². The zero-order chi connectivity index (χ0) is 19.1. The standard InChI is InChI=1S/C22H46GeO/c1-15(2)21(16(3)4)13-14-23(19(9)10,20(11)12)24-22(21,17(5)6)18(7)8/h15-20H,13-14H2,1-12H3. The summed E-state index contributed by atoms with van der Waals surface area (Å²) >= 11 is -2.40. The zero-order valence-electron chi connectivity index (χ0n) is 18.8. The monoisotopic (exact) mass is 400 g/mol. The predicted octanol–water partition coefficient (Wildman–Crippen LogP) is 7.52. The molecule has 1 saturated heterocycles. The van der Waals surface area contributed by atoms with E-state index in [4.69, 9.17) is 3.76 Å². The molecule has 0 saturated carbocycles. The molecule has 0 aromatic heterocycles. The molecule has 0 bridgehead atoms. The van der Waals surface area contributed by atoms with E-state index < -0.39 is 13.6 Å². The van der Waals surface area contributed by atoms with E-state index in [0.29, 0.717) is 23.7 Å². The van der Waals surface area contributed by atoms with Crippen LogP contribution in [0.4, 0.5) is 0 Å². The molecule has 1 rings (SSSR count). The normalized spacial score (nSPS) is 23.2. The van der Waals surface area contributed by atoms with Crippen molar-refractivity contribution in [2.75, 3.05) is 0 Å². The van der Waals surface area contributed by atoms with E-state index in [2.05, 4.69) is 83.1 Å².